The van der Waals surface area contributed by atoms with E-state index in [1.165, 1.54) is 13.2 Å². The molecule has 3 nitrogen and oxygen atoms in total. The molecule has 0 amide bonds. The molecule has 0 heterocycles. The van der Waals surface area contributed by atoms with E-state index in [1.807, 2.05) is 0 Å². The Bertz CT molecular complexity index is 414. The van der Waals surface area contributed by atoms with Crippen LogP contribution in [0.5, 0.6) is 11.5 Å². The Morgan fingerprint density at radius 1 is 1.38 bits per heavy atom. The van der Waals surface area contributed by atoms with Gasteiger partial charge in [0, 0.05) is 5.56 Å². The van der Waals surface area contributed by atoms with Gasteiger partial charge < -0.3 is 14.9 Å². The molecule has 0 atom stereocenters. The summed E-state index contributed by atoms with van der Waals surface area (Å²) < 4.78 is 30.1. The Kier molecular flexibility index (Phi) is 2.50. The second kappa shape index (κ2) is 3.59. The summed E-state index contributed by atoms with van der Waals surface area (Å²) in [6.07, 6.45) is -1.86. The first-order valence-electron chi connectivity index (χ1n) is 4.90. The van der Waals surface area contributed by atoms with Crippen LogP contribution in [-0.4, -0.2) is 17.3 Å². The fourth-order valence-electron chi connectivity index (χ4n) is 1.66. The summed E-state index contributed by atoms with van der Waals surface area (Å²) in [5.74, 6) is -0.320. The van der Waals surface area contributed by atoms with E-state index in [1.54, 1.807) is 0 Å². The van der Waals surface area contributed by atoms with Gasteiger partial charge in [-0.1, -0.05) is 0 Å². The molecule has 0 aliphatic heterocycles. The van der Waals surface area contributed by atoms with Gasteiger partial charge in [0.15, 0.2) is 0 Å². The van der Waals surface area contributed by atoms with Crippen molar-refractivity contribution in [2.45, 2.75) is 24.9 Å². The number of ether oxygens (including phenoxy) is 1. The zero-order valence-corrected chi connectivity index (χ0v) is 8.70. The van der Waals surface area contributed by atoms with Crippen LogP contribution in [0.1, 0.15) is 30.4 Å². The summed E-state index contributed by atoms with van der Waals surface area (Å²) in [4.78, 5) is 0. The van der Waals surface area contributed by atoms with Gasteiger partial charge in [-0.25, -0.2) is 8.78 Å². The number of benzene rings is 1. The fraction of sp³-hybridized carbons (Fsp3) is 0.455. The van der Waals surface area contributed by atoms with Crippen molar-refractivity contribution in [3.05, 3.63) is 23.3 Å². The number of aliphatic hydroxyl groups is 1. The fourth-order valence-corrected chi connectivity index (χ4v) is 1.66. The van der Waals surface area contributed by atoms with Gasteiger partial charge >= 0.3 is 0 Å². The summed E-state index contributed by atoms with van der Waals surface area (Å²) in [5.41, 5.74) is -1.54. The van der Waals surface area contributed by atoms with E-state index in [9.17, 15) is 19.0 Å². The molecular formula is C11H12F2O3. The lowest BCUT2D eigenvalue weighted by atomic mass is 10.0. The van der Waals surface area contributed by atoms with Crippen molar-refractivity contribution in [3.8, 4) is 11.5 Å². The van der Waals surface area contributed by atoms with Crippen molar-refractivity contribution in [2.75, 3.05) is 7.11 Å². The van der Waals surface area contributed by atoms with Gasteiger partial charge in [0.05, 0.1) is 18.3 Å². The molecule has 5 heteroatoms. The second-order valence-electron chi connectivity index (χ2n) is 3.95. The Labute approximate surface area is 91.3 Å². The van der Waals surface area contributed by atoms with Crippen LogP contribution in [0.4, 0.5) is 8.78 Å². The van der Waals surface area contributed by atoms with Crippen molar-refractivity contribution in [1.29, 1.82) is 0 Å². The van der Waals surface area contributed by atoms with E-state index in [2.05, 4.69) is 0 Å². The lowest BCUT2D eigenvalue weighted by molar-refractivity contribution is 0.136. The van der Waals surface area contributed by atoms with Crippen LogP contribution in [0, 0.1) is 0 Å². The van der Waals surface area contributed by atoms with Crippen LogP contribution >= 0.6 is 0 Å². The first-order valence-corrected chi connectivity index (χ1v) is 4.90. The average molecular weight is 230 g/mol. The molecule has 1 aromatic carbocycles. The first kappa shape index (κ1) is 11.1. The number of phenolic OH excluding ortho intramolecular Hbond substituents is 1. The number of alkyl halides is 2. The Hall–Kier alpha value is -1.36. The van der Waals surface area contributed by atoms with Crippen molar-refractivity contribution < 1.29 is 23.7 Å². The third-order valence-electron chi connectivity index (χ3n) is 2.81. The smallest absolute Gasteiger partial charge is 0.267 e. The summed E-state index contributed by atoms with van der Waals surface area (Å²) in [7, 11) is 1.35. The summed E-state index contributed by atoms with van der Waals surface area (Å²) in [5, 5.41) is 19.5. The standard InChI is InChI=1S/C11H12F2O3/c1-16-6-4-7(10(12)13)9(14)8(5-6)11(15)2-3-11/h4-5,10,14-15H,2-3H2,1H3. The zero-order valence-electron chi connectivity index (χ0n) is 8.70. The molecule has 1 aromatic rings. The van der Waals surface area contributed by atoms with Crippen LogP contribution in [0.2, 0.25) is 0 Å². The maximum absolute atomic E-state index is 12.6. The number of aromatic hydroxyl groups is 1. The molecule has 0 bridgehead atoms. The molecule has 2 rings (SSSR count). The van der Waals surface area contributed by atoms with Gasteiger partial charge in [0.2, 0.25) is 0 Å². The SMILES string of the molecule is COc1cc(C(F)F)c(O)c(C2(O)CC2)c1. The molecule has 0 unspecified atom stereocenters. The van der Waals surface area contributed by atoms with Crippen molar-refractivity contribution in [1.82, 2.24) is 0 Å². The molecule has 88 valence electrons. The summed E-state index contributed by atoms with van der Waals surface area (Å²) >= 11 is 0. The third kappa shape index (κ3) is 1.71. The highest BCUT2D eigenvalue weighted by Gasteiger charge is 2.45. The van der Waals surface area contributed by atoms with Gasteiger partial charge in [-0.05, 0) is 25.0 Å². The molecular weight excluding hydrogens is 218 g/mol. The quantitative estimate of drug-likeness (QED) is 0.837. The van der Waals surface area contributed by atoms with E-state index < -0.39 is 23.3 Å². The monoisotopic (exact) mass is 230 g/mol. The molecule has 1 aliphatic rings. The summed E-state index contributed by atoms with van der Waals surface area (Å²) in [6.45, 7) is 0. The molecule has 1 fully saturated rings. The number of rotatable bonds is 3. The van der Waals surface area contributed by atoms with Gasteiger partial charge in [-0.15, -0.1) is 0 Å². The number of phenols is 1. The van der Waals surface area contributed by atoms with E-state index in [4.69, 9.17) is 4.74 Å². The van der Waals surface area contributed by atoms with Gasteiger partial charge in [0.25, 0.3) is 6.43 Å². The van der Waals surface area contributed by atoms with Crippen LogP contribution in [0.3, 0.4) is 0 Å². The molecule has 1 aliphatic carbocycles. The minimum atomic E-state index is -2.80. The maximum atomic E-state index is 12.6. The Balaban J connectivity index is 2.55. The highest BCUT2D eigenvalue weighted by Crippen LogP contribution is 2.51. The minimum Gasteiger partial charge on any atom is -0.507 e. The van der Waals surface area contributed by atoms with Gasteiger partial charge in [-0.3, -0.25) is 0 Å². The average Bonchev–Trinajstić information content (AvgIpc) is 2.97. The second-order valence-corrected chi connectivity index (χ2v) is 3.95. The highest BCUT2D eigenvalue weighted by molar-refractivity contribution is 5.51. The number of hydrogen-bond acceptors (Lipinski definition) is 3. The third-order valence-corrected chi connectivity index (χ3v) is 2.81. The normalized spacial score (nSPS) is 17.6. The lowest BCUT2D eigenvalue weighted by Crippen LogP contribution is -2.06. The van der Waals surface area contributed by atoms with Crippen molar-refractivity contribution in [2.24, 2.45) is 0 Å². The van der Waals surface area contributed by atoms with Crippen LogP contribution < -0.4 is 4.74 Å². The van der Waals surface area contributed by atoms with Gasteiger partial charge in [0.1, 0.15) is 11.5 Å². The summed E-state index contributed by atoms with van der Waals surface area (Å²) in [6, 6.07) is 2.48. The van der Waals surface area contributed by atoms with E-state index in [0.717, 1.165) is 6.07 Å². The zero-order chi connectivity index (χ0) is 11.9. The molecule has 0 aromatic heterocycles. The first-order chi connectivity index (χ1) is 7.48. The molecule has 1 saturated carbocycles. The van der Waals surface area contributed by atoms with Gasteiger partial charge in [-0.2, -0.15) is 0 Å². The Morgan fingerprint density at radius 3 is 2.44 bits per heavy atom. The molecule has 16 heavy (non-hydrogen) atoms. The Morgan fingerprint density at radius 2 is 2.00 bits per heavy atom. The minimum absolute atomic E-state index is 0.127. The van der Waals surface area contributed by atoms with Crippen molar-refractivity contribution >= 4 is 0 Å². The number of halogens is 2. The predicted octanol–water partition coefficient (Wildman–Crippen LogP) is 2.32. The van der Waals surface area contributed by atoms with Crippen LogP contribution in [0.25, 0.3) is 0 Å². The van der Waals surface area contributed by atoms with E-state index in [-0.39, 0.29) is 11.3 Å². The predicted molar refractivity (Wildman–Crippen MR) is 52.7 cm³/mol. The van der Waals surface area contributed by atoms with Crippen molar-refractivity contribution in [3.63, 3.8) is 0 Å². The number of methoxy groups -OCH3 is 1. The van der Waals surface area contributed by atoms with Crippen LogP contribution in [-0.2, 0) is 5.60 Å². The topological polar surface area (TPSA) is 49.7 Å². The highest BCUT2D eigenvalue weighted by atomic mass is 19.3. The largest absolute Gasteiger partial charge is 0.507 e. The number of hydrogen-bond donors (Lipinski definition) is 2. The molecule has 0 saturated heterocycles. The molecule has 0 radical (unpaired) electrons. The molecule has 0 spiro atoms. The van der Waals surface area contributed by atoms with E-state index >= 15 is 0 Å². The van der Waals surface area contributed by atoms with Crippen LogP contribution in [0.15, 0.2) is 12.1 Å². The van der Waals surface area contributed by atoms with E-state index in [0.29, 0.717) is 12.8 Å². The molecule has 2 N–H and O–H groups in total. The lowest BCUT2D eigenvalue weighted by Gasteiger charge is -2.15. The maximum Gasteiger partial charge on any atom is 0.267 e.